The third-order valence-electron chi connectivity index (χ3n) is 2.66. The highest BCUT2D eigenvalue weighted by molar-refractivity contribution is 5.21. The first kappa shape index (κ1) is 13.1. The summed E-state index contributed by atoms with van der Waals surface area (Å²) in [6.45, 7) is 4.99. The molecule has 1 aromatic rings. The summed E-state index contributed by atoms with van der Waals surface area (Å²) in [7, 11) is 1.67. The largest absolute Gasteiger partial charge is 0.380 e. The molecule has 0 bridgehead atoms. The fourth-order valence-electron chi connectivity index (χ4n) is 1.69. The van der Waals surface area contributed by atoms with Crippen LogP contribution in [0.25, 0.3) is 0 Å². The van der Waals surface area contributed by atoms with Gasteiger partial charge in [-0.05, 0) is 37.6 Å². The molecule has 0 heterocycles. The Morgan fingerprint density at radius 2 is 2.19 bits per heavy atom. The van der Waals surface area contributed by atoms with Gasteiger partial charge >= 0.3 is 0 Å². The van der Waals surface area contributed by atoms with Crippen LogP contribution in [0.2, 0.25) is 0 Å². The van der Waals surface area contributed by atoms with Crippen molar-refractivity contribution >= 4 is 0 Å². The Balaban J connectivity index is 2.82. The molecule has 0 fully saturated rings. The molecule has 1 aromatic carbocycles. The van der Waals surface area contributed by atoms with Crippen molar-refractivity contribution in [3.05, 3.63) is 35.6 Å². The van der Waals surface area contributed by atoms with Crippen LogP contribution in [-0.4, -0.2) is 19.8 Å². The maximum absolute atomic E-state index is 13.1. The molecule has 0 amide bonds. The number of ether oxygens (including phenoxy) is 1. The van der Waals surface area contributed by atoms with Gasteiger partial charge in [-0.25, -0.2) is 4.39 Å². The highest BCUT2D eigenvalue weighted by Crippen LogP contribution is 2.19. The third kappa shape index (κ3) is 3.58. The minimum atomic E-state index is -0.205. The molecule has 16 heavy (non-hydrogen) atoms. The predicted molar refractivity (Wildman–Crippen MR) is 63.9 cm³/mol. The first-order valence-corrected chi connectivity index (χ1v) is 5.70. The van der Waals surface area contributed by atoms with E-state index in [1.165, 1.54) is 6.07 Å². The molecule has 1 N–H and O–H groups in total. The van der Waals surface area contributed by atoms with E-state index < -0.39 is 0 Å². The van der Waals surface area contributed by atoms with Gasteiger partial charge in [-0.15, -0.1) is 0 Å². The normalized spacial score (nSPS) is 14.8. The number of rotatable bonds is 6. The highest BCUT2D eigenvalue weighted by atomic mass is 19.1. The minimum absolute atomic E-state index is 0.0216. The number of methoxy groups -OCH3 is 1. The molecular weight excluding hydrogens is 205 g/mol. The molecule has 0 radical (unpaired) electrons. The maximum atomic E-state index is 13.1. The van der Waals surface area contributed by atoms with Crippen LogP contribution in [0.1, 0.15) is 31.9 Å². The molecule has 0 aliphatic rings. The van der Waals surface area contributed by atoms with Gasteiger partial charge in [0.15, 0.2) is 0 Å². The van der Waals surface area contributed by atoms with Crippen molar-refractivity contribution in [3.8, 4) is 0 Å². The molecule has 90 valence electrons. The molecule has 0 saturated heterocycles. The van der Waals surface area contributed by atoms with Crippen LogP contribution in [0.3, 0.4) is 0 Å². The van der Waals surface area contributed by atoms with E-state index in [0.29, 0.717) is 0 Å². The van der Waals surface area contributed by atoms with Crippen LogP contribution in [0, 0.1) is 5.82 Å². The SMILES string of the molecule is CCCNC(c1cccc(F)c1)C(C)OC. The Labute approximate surface area is 96.8 Å². The monoisotopic (exact) mass is 225 g/mol. The summed E-state index contributed by atoms with van der Waals surface area (Å²) >= 11 is 0. The van der Waals surface area contributed by atoms with Crippen LogP contribution < -0.4 is 5.32 Å². The molecule has 0 aliphatic carbocycles. The number of nitrogens with one attached hydrogen (secondary N) is 1. The standard InChI is InChI=1S/C13H20FNO/c1-4-8-15-13(10(2)16-3)11-6-5-7-12(14)9-11/h5-7,9-10,13,15H,4,8H2,1-3H3. The summed E-state index contributed by atoms with van der Waals surface area (Å²) in [6, 6.07) is 6.71. The Morgan fingerprint density at radius 1 is 1.44 bits per heavy atom. The lowest BCUT2D eigenvalue weighted by Gasteiger charge is -2.24. The Kier molecular flexibility index (Phi) is 5.43. The van der Waals surface area contributed by atoms with Gasteiger partial charge in [-0.2, -0.15) is 0 Å². The number of hydrogen-bond acceptors (Lipinski definition) is 2. The van der Waals surface area contributed by atoms with Crippen molar-refractivity contribution in [3.63, 3.8) is 0 Å². The van der Waals surface area contributed by atoms with Gasteiger partial charge in [-0.3, -0.25) is 0 Å². The fourth-order valence-corrected chi connectivity index (χ4v) is 1.69. The van der Waals surface area contributed by atoms with Crippen molar-refractivity contribution in [2.24, 2.45) is 0 Å². The van der Waals surface area contributed by atoms with E-state index in [4.69, 9.17) is 4.74 Å². The third-order valence-corrected chi connectivity index (χ3v) is 2.66. The Hall–Kier alpha value is -0.930. The maximum Gasteiger partial charge on any atom is 0.123 e. The van der Waals surface area contributed by atoms with E-state index in [1.54, 1.807) is 19.2 Å². The predicted octanol–water partition coefficient (Wildman–Crippen LogP) is 2.90. The summed E-state index contributed by atoms with van der Waals surface area (Å²) in [5, 5.41) is 3.37. The zero-order chi connectivity index (χ0) is 12.0. The number of halogens is 1. The number of benzene rings is 1. The van der Waals surface area contributed by atoms with Gasteiger partial charge in [0, 0.05) is 7.11 Å². The summed E-state index contributed by atoms with van der Waals surface area (Å²) < 4.78 is 18.5. The fraction of sp³-hybridized carbons (Fsp3) is 0.538. The van der Waals surface area contributed by atoms with E-state index in [0.717, 1.165) is 18.5 Å². The Morgan fingerprint density at radius 3 is 2.75 bits per heavy atom. The van der Waals surface area contributed by atoms with Crippen LogP contribution in [-0.2, 0) is 4.74 Å². The zero-order valence-corrected chi connectivity index (χ0v) is 10.2. The molecule has 0 saturated carbocycles. The van der Waals surface area contributed by atoms with Gasteiger partial charge in [-0.1, -0.05) is 19.1 Å². The van der Waals surface area contributed by atoms with Gasteiger partial charge in [0.05, 0.1) is 12.1 Å². The highest BCUT2D eigenvalue weighted by Gasteiger charge is 2.18. The smallest absolute Gasteiger partial charge is 0.123 e. The minimum Gasteiger partial charge on any atom is -0.380 e. The van der Waals surface area contributed by atoms with Gasteiger partial charge in [0.25, 0.3) is 0 Å². The van der Waals surface area contributed by atoms with Crippen LogP contribution in [0.15, 0.2) is 24.3 Å². The molecule has 2 unspecified atom stereocenters. The van der Waals surface area contributed by atoms with Crippen molar-refractivity contribution in [2.45, 2.75) is 32.4 Å². The second kappa shape index (κ2) is 6.61. The van der Waals surface area contributed by atoms with E-state index >= 15 is 0 Å². The topological polar surface area (TPSA) is 21.3 Å². The van der Waals surface area contributed by atoms with Crippen molar-refractivity contribution in [1.82, 2.24) is 5.32 Å². The van der Waals surface area contributed by atoms with E-state index in [2.05, 4.69) is 12.2 Å². The molecule has 1 rings (SSSR count). The van der Waals surface area contributed by atoms with Crippen molar-refractivity contribution in [1.29, 1.82) is 0 Å². The molecule has 0 aromatic heterocycles. The van der Waals surface area contributed by atoms with Crippen LogP contribution in [0.5, 0.6) is 0 Å². The summed E-state index contributed by atoms with van der Waals surface area (Å²) in [6.07, 6.45) is 1.07. The average molecular weight is 225 g/mol. The summed E-state index contributed by atoms with van der Waals surface area (Å²) in [5.41, 5.74) is 0.933. The van der Waals surface area contributed by atoms with E-state index in [-0.39, 0.29) is 18.0 Å². The summed E-state index contributed by atoms with van der Waals surface area (Å²) in [5.74, 6) is -0.205. The lowest BCUT2D eigenvalue weighted by molar-refractivity contribution is 0.0829. The number of hydrogen-bond donors (Lipinski definition) is 1. The molecule has 0 aliphatic heterocycles. The van der Waals surface area contributed by atoms with Crippen molar-refractivity contribution < 1.29 is 9.13 Å². The zero-order valence-electron chi connectivity index (χ0n) is 10.2. The summed E-state index contributed by atoms with van der Waals surface area (Å²) in [4.78, 5) is 0. The lowest BCUT2D eigenvalue weighted by atomic mass is 10.0. The van der Waals surface area contributed by atoms with Gasteiger partial charge < -0.3 is 10.1 Å². The molecule has 2 nitrogen and oxygen atoms in total. The average Bonchev–Trinajstić information content (AvgIpc) is 2.29. The molecule has 0 spiro atoms. The molecule has 2 atom stereocenters. The van der Waals surface area contributed by atoms with Crippen LogP contribution in [0.4, 0.5) is 4.39 Å². The molecular formula is C13H20FNO. The lowest BCUT2D eigenvalue weighted by Crippen LogP contribution is -2.32. The second-order valence-corrected chi connectivity index (χ2v) is 3.93. The van der Waals surface area contributed by atoms with Gasteiger partial charge in [0.2, 0.25) is 0 Å². The van der Waals surface area contributed by atoms with Gasteiger partial charge in [0.1, 0.15) is 5.82 Å². The quantitative estimate of drug-likeness (QED) is 0.803. The molecule has 3 heteroatoms. The van der Waals surface area contributed by atoms with E-state index in [1.807, 2.05) is 13.0 Å². The van der Waals surface area contributed by atoms with Crippen LogP contribution >= 0.6 is 0 Å². The Bertz CT molecular complexity index is 317. The second-order valence-electron chi connectivity index (χ2n) is 3.93. The van der Waals surface area contributed by atoms with E-state index in [9.17, 15) is 4.39 Å². The van der Waals surface area contributed by atoms with Crippen molar-refractivity contribution in [2.75, 3.05) is 13.7 Å². The first-order chi connectivity index (χ1) is 7.69. The first-order valence-electron chi connectivity index (χ1n) is 5.70.